The summed E-state index contributed by atoms with van der Waals surface area (Å²) in [7, 11) is 0. The molecule has 0 fully saturated rings. The smallest absolute Gasteiger partial charge is 0.194 e. The summed E-state index contributed by atoms with van der Waals surface area (Å²) in [6.45, 7) is 7.64. The monoisotopic (exact) mass is 145 g/mol. The fraction of sp³-hybridized carbons (Fsp3) is 0.714. The van der Waals surface area contributed by atoms with Gasteiger partial charge in [0.1, 0.15) is 0 Å². The van der Waals surface area contributed by atoms with Crippen molar-refractivity contribution in [3.8, 4) is 0 Å². The Kier molecular flexibility index (Phi) is 3.26. The van der Waals surface area contributed by atoms with Gasteiger partial charge in [-0.25, -0.2) is 0 Å². The summed E-state index contributed by atoms with van der Waals surface area (Å²) in [5.74, 6) is 1.81. The molecule has 53 valence electrons. The summed E-state index contributed by atoms with van der Waals surface area (Å²) in [4.78, 5) is 11.0. The van der Waals surface area contributed by atoms with Crippen LogP contribution < -0.4 is 0 Å². The molecule has 0 saturated carbocycles. The van der Waals surface area contributed by atoms with Crippen molar-refractivity contribution in [1.82, 2.24) is 0 Å². The molecule has 0 saturated heterocycles. The van der Waals surface area contributed by atoms with Crippen LogP contribution in [0.3, 0.4) is 0 Å². The van der Waals surface area contributed by atoms with Crippen LogP contribution in [-0.2, 0) is 4.79 Å². The van der Waals surface area contributed by atoms with E-state index in [1.807, 2.05) is 33.4 Å². The average molecular weight is 145 g/mol. The van der Waals surface area contributed by atoms with Gasteiger partial charge in [-0.15, -0.1) is 0 Å². The maximum Gasteiger partial charge on any atom is 0.194 e. The van der Waals surface area contributed by atoms with Crippen molar-refractivity contribution in [3.05, 3.63) is 5.75 Å². The normalized spacial score (nSPS) is 11.6. The molecule has 0 rings (SSSR count). The maximum absolute atomic E-state index is 11.0. The molecular formula is C7H13OS. The summed E-state index contributed by atoms with van der Waals surface area (Å²) in [6.07, 6.45) is 0. The van der Waals surface area contributed by atoms with Crippen LogP contribution >= 0.6 is 11.8 Å². The second-order valence-electron chi connectivity index (χ2n) is 2.89. The number of rotatable bonds is 1. The number of hydrogen-bond donors (Lipinski definition) is 0. The first-order valence-corrected chi connectivity index (χ1v) is 3.85. The van der Waals surface area contributed by atoms with E-state index < -0.39 is 0 Å². The van der Waals surface area contributed by atoms with Crippen LogP contribution in [0.1, 0.15) is 27.7 Å². The van der Waals surface area contributed by atoms with E-state index in [1.54, 1.807) is 0 Å². The Labute approximate surface area is 61.2 Å². The van der Waals surface area contributed by atoms with E-state index >= 15 is 0 Å². The molecule has 0 aliphatic carbocycles. The second-order valence-corrected chi connectivity index (χ2v) is 3.97. The van der Waals surface area contributed by atoms with Crippen molar-refractivity contribution in [1.29, 1.82) is 0 Å². The highest BCUT2D eigenvalue weighted by molar-refractivity contribution is 8.15. The lowest BCUT2D eigenvalue weighted by atomic mass is 10.00. The van der Waals surface area contributed by atoms with Crippen molar-refractivity contribution in [2.24, 2.45) is 5.41 Å². The van der Waals surface area contributed by atoms with Crippen LogP contribution in [0.4, 0.5) is 0 Å². The number of hydrogen-bond acceptors (Lipinski definition) is 2. The third-order valence-corrected chi connectivity index (χ3v) is 1.90. The van der Waals surface area contributed by atoms with E-state index in [9.17, 15) is 4.79 Å². The predicted octanol–water partition coefficient (Wildman–Crippen LogP) is 2.47. The molecule has 0 bridgehead atoms. The van der Waals surface area contributed by atoms with Gasteiger partial charge < -0.3 is 0 Å². The van der Waals surface area contributed by atoms with Gasteiger partial charge >= 0.3 is 0 Å². The van der Waals surface area contributed by atoms with Crippen LogP contribution in [-0.4, -0.2) is 5.12 Å². The van der Waals surface area contributed by atoms with Gasteiger partial charge in [0.2, 0.25) is 0 Å². The molecule has 0 aliphatic rings. The molecule has 0 aliphatic heterocycles. The number of carbonyl (C=O) groups is 1. The van der Waals surface area contributed by atoms with E-state index in [4.69, 9.17) is 0 Å². The van der Waals surface area contributed by atoms with Gasteiger partial charge in [-0.3, -0.25) is 4.79 Å². The van der Waals surface area contributed by atoms with Gasteiger partial charge in [0.05, 0.1) is 0 Å². The zero-order chi connectivity index (χ0) is 7.49. The summed E-state index contributed by atoms with van der Waals surface area (Å²) in [5.41, 5.74) is -0.197. The zero-order valence-corrected chi connectivity index (χ0v) is 7.21. The molecule has 0 aromatic carbocycles. The minimum Gasteiger partial charge on any atom is -0.287 e. The molecule has 0 amide bonds. The first kappa shape index (κ1) is 9.02. The second kappa shape index (κ2) is 3.25. The average Bonchev–Trinajstić information content (AvgIpc) is 1.64. The van der Waals surface area contributed by atoms with Crippen LogP contribution in [0.5, 0.6) is 0 Å². The molecule has 0 spiro atoms. The van der Waals surface area contributed by atoms with E-state index in [2.05, 4.69) is 0 Å². The largest absolute Gasteiger partial charge is 0.287 e. The molecule has 0 heterocycles. The standard InChI is InChI=1S/C7H13OS/c1-5-9-6(8)7(2,3)4/h5H,1-4H3. The fourth-order valence-electron chi connectivity index (χ4n) is 0.284. The van der Waals surface area contributed by atoms with E-state index in [-0.39, 0.29) is 10.5 Å². The fourth-order valence-corrected chi connectivity index (χ4v) is 0.851. The van der Waals surface area contributed by atoms with Crippen molar-refractivity contribution >= 4 is 16.9 Å². The first-order valence-electron chi connectivity index (χ1n) is 2.97. The molecule has 0 atom stereocenters. The minimum absolute atomic E-state index is 0.197. The Balaban J connectivity index is 3.74. The highest BCUT2D eigenvalue weighted by atomic mass is 32.2. The SMILES string of the molecule is C[CH]SC(=O)C(C)(C)C. The van der Waals surface area contributed by atoms with E-state index in [0.29, 0.717) is 0 Å². The number of carbonyl (C=O) groups excluding carboxylic acids is 1. The van der Waals surface area contributed by atoms with Crippen molar-refractivity contribution < 1.29 is 4.79 Å². The summed E-state index contributed by atoms with van der Waals surface area (Å²) in [5, 5.41) is 0.227. The predicted molar refractivity (Wildman–Crippen MR) is 42.0 cm³/mol. The molecule has 2 heteroatoms. The van der Waals surface area contributed by atoms with E-state index in [0.717, 1.165) is 0 Å². The summed E-state index contributed by atoms with van der Waals surface area (Å²) in [6, 6.07) is 0. The lowest BCUT2D eigenvalue weighted by molar-refractivity contribution is -0.117. The Morgan fingerprint density at radius 1 is 1.44 bits per heavy atom. The quantitative estimate of drug-likeness (QED) is 0.564. The first-order chi connectivity index (χ1) is 3.98. The van der Waals surface area contributed by atoms with Gasteiger partial charge in [0.25, 0.3) is 0 Å². The maximum atomic E-state index is 11.0. The molecule has 1 nitrogen and oxygen atoms in total. The minimum atomic E-state index is -0.197. The molecule has 0 unspecified atom stereocenters. The van der Waals surface area contributed by atoms with Crippen molar-refractivity contribution in [2.75, 3.05) is 0 Å². The van der Waals surface area contributed by atoms with Crippen molar-refractivity contribution in [2.45, 2.75) is 27.7 Å². The van der Waals surface area contributed by atoms with Crippen LogP contribution in [0.15, 0.2) is 0 Å². The Morgan fingerprint density at radius 2 is 1.89 bits per heavy atom. The topological polar surface area (TPSA) is 17.1 Å². The van der Waals surface area contributed by atoms with Gasteiger partial charge in [-0.05, 0) is 0 Å². The Bertz CT molecular complexity index is 102. The number of thioether (sulfide) groups is 1. The van der Waals surface area contributed by atoms with Crippen LogP contribution in [0.2, 0.25) is 0 Å². The molecule has 0 N–H and O–H groups in total. The van der Waals surface area contributed by atoms with Crippen molar-refractivity contribution in [3.63, 3.8) is 0 Å². The molecule has 0 aromatic rings. The Morgan fingerprint density at radius 3 is 2.00 bits per heavy atom. The third kappa shape index (κ3) is 3.57. The third-order valence-electron chi connectivity index (χ3n) is 0.837. The molecule has 1 radical (unpaired) electrons. The lowest BCUT2D eigenvalue weighted by Crippen LogP contribution is -2.15. The summed E-state index contributed by atoms with van der Waals surface area (Å²) >= 11 is 1.27. The molecule has 9 heavy (non-hydrogen) atoms. The zero-order valence-electron chi connectivity index (χ0n) is 6.39. The van der Waals surface area contributed by atoms with Gasteiger partial charge in [0, 0.05) is 11.2 Å². The van der Waals surface area contributed by atoms with Gasteiger partial charge in [0.15, 0.2) is 5.12 Å². The van der Waals surface area contributed by atoms with Crippen LogP contribution in [0, 0.1) is 11.2 Å². The van der Waals surface area contributed by atoms with Gasteiger partial charge in [-0.1, -0.05) is 39.5 Å². The highest BCUT2D eigenvalue weighted by Gasteiger charge is 2.20. The molecule has 0 aromatic heterocycles. The van der Waals surface area contributed by atoms with Crippen LogP contribution in [0.25, 0.3) is 0 Å². The lowest BCUT2D eigenvalue weighted by Gasteiger charge is -2.14. The molecular weight excluding hydrogens is 132 g/mol. The Hall–Kier alpha value is 0.0200. The van der Waals surface area contributed by atoms with E-state index in [1.165, 1.54) is 11.8 Å². The van der Waals surface area contributed by atoms with Gasteiger partial charge in [-0.2, -0.15) is 0 Å². The highest BCUT2D eigenvalue weighted by Crippen LogP contribution is 2.23. The summed E-state index contributed by atoms with van der Waals surface area (Å²) < 4.78 is 0.